The smallest absolute Gasteiger partial charge is 0.407 e. The molecular formula is C23H19N3O5. The maximum Gasteiger partial charge on any atom is 0.407 e. The Morgan fingerprint density at radius 3 is 2.61 bits per heavy atom. The first-order valence-corrected chi connectivity index (χ1v) is 9.88. The van der Waals surface area contributed by atoms with Crippen LogP contribution in [0.2, 0.25) is 0 Å². The van der Waals surface area contributed by atoms with Crippen molar-refractivity contribution in [3.8, 4) is 11.5 Å². The van der Waals surface area contributed by atoms with Crippen molar-refractivity contribution in [2.75, 3.05) is 13.1 Å². The molecular weight excluding hydrogens is 398 g/mol. The highest BCUT2D eigenvalue weighted by molar-refractivity contribution is 5.94. The summed E-state index contributed by atoms with van der Waals surface area (Å²) in [4.78, 5) is 26.1. The predicted octanol–water partition coefficient (Wildman–Crippen LogP) is 3.84. The summed E-state index contributed by atoms with van der Waals surface area (Å²) in [5.74, 6) is 0.637. The van der Waals surface area contributed by atoms with Gasteiger partial charge in [0.25, 0.3) is 5.91 Å². The lowest BCUT2D eigenvalue weighted by Crippen LogP contribution is -2.61. The van der Waals surface area contributed by atoms with Crippen molar-refractivity contribution in [2.45, 2.75) is 12.6 Å². The van der Waals surface area contributed by atoms with Gasteiger partial charge in [0, 0.05) is 24.5 Å². The molecule has 2 aromatic carbocycles. The molecule has 2 amide bonds. The van der Waals surface area contributed by atoms with Gasteiger partial charge in [0.05, 0.1) is 6.04 Å². The van der Waals surface area contributed by atoms with Crippen LogP contribution < -0.4 is 5.32 Å². The highest BCUT2D eigenvalue weighted by Gasteiger charge is 2.34. The molecule has 8 heteroatoms. The van der Waals surface area contributed by atoms with Gasteiger partial charge in [0.15, 0.2) is 11.5 Å². The number of fused-ring (bicyclic) bond motifs is 1. The van der Waals surface area contributed by atoms with Crippen molar-refractivity contribution >= 4 is 23.0 Å². The summed E-state index contributed by atoms with van der Waals surface area (Å²) in [6.07, 6.45) is -0.505. The molecule has 31 heavy (non-hydrogen) atoms. The number of nitrogens with zero attached hydrogens (tertiary/aromatic N) is 2. The fraction of sp³-hybridized carbons (Fsp3) is 0.174. The molecule has 0 atom stereocenters. The number of nitrogens with one attached hydrogen (secondary N) is 1. The summed E-state index contributed by atoms with van der Waals surface area (Å²) in [5.41, 5.74) is 1.84. The number of furan rings is 1. The molecule has 8 nitrogen and oxygen atoms in total. The largest absolute Gasteiger partial charge is 0.453 e. The first kappa shape index (κ1) is 18.9. The lowest BCUT2D eigenvalue weighted by atomic mass is 10.1. The molecule has 1 aliphatic rings. The third-order valence-electron chi connectivity index (χ3n) is 5.10. The maximum absolute atomic E-state index is 12.6. The number of alkyl carbamates (subject to hydrolysis) is 1. The zero-order chi connectivity index (χ0) is 21.2. The van der Waals surface area contributed by atoms with Crippen LogP contribution in [-0.4, -0.2) is 41.2 Å². The van der Waals surface area contributed by atoms with Crippen molar-refractivity contribution in [2.24, 2.45) is 0 Å². The van der Waals surface area contributed by atoms with E-state index in [0.717, 1.165) is 16.5 Å². The molecule has 1 N–H and O–H groups in total. The van der Waals surface area contributed by atoms with Gasteiger partial charge in [-0.3, -0.25) is 4.79 Å². The van der Waals surface area contributed by atoms with E-state index in [1.54, 1.807) is 11.0 Å². The molecule has 4 aromatic rings. The second-order valence-electron chi connectivity index (χ2n) is 7.34. The maximum atomic E-state index is 12.6. The van der Waals surface area contributed by atoms with E-state index in [1.807, 2.05) is 60.7 Å². The summed E-state index contributed by atoms with van der Waals surface area (Å²) in [7, 11) is 0. The van der Waals surface area contributed by atoms with Gasteiger partial charge in [-0.15, -0.1) is 0 Å². The number of aromatic nitrogens is 1. The van der Waals surface area contributed by atoms with Crippen LogP contribution in [0.15, 0.2) is 75.7 Å². The number of carbonyl (C=O) groups is 2. The minimum absolute atomic E-state index is 0.158. The van der Waals surface area contributed by atoms with Gasteiger partial charge in [-0.05, 0) is 17.7 Å². The lowest BCUT2D eigenvalue weighted by molar-refractivity contribution is 0.0535. The number of ether oxygens (including phenoxy) is 1. The quantitative estimate of drug-likeness (QED) is 0.530. The van der Waals surface area contributed by atoms with Crippen LogP contribution in [0, 0.1) is 0 Å². The van der Waals surface area contributed by atoms with Gasteiger partial charge in [-0.1, -0.05) is 53.7 Å². The van der Waals surface area contributed by atoms with Crippen molar-refractivity contribution < 1.29 is 23.3 Å². The van der Waals surface area contributed by atoms with Crippen molar-refractivity contribution in [3.05, 3.63) is 78.0 Å². The number of para-hydroxylation sites is 1. The lowest BCUT2D eigenvalue weighted by Gasteiger charge is -2.38. The molecule has 1 fully saturated rings. The summed E-state index contributed by atoms with van der Waals surface area (Å²) in [6.45, 7) is 0.962. The van der Waals surface area contributed by atoms with Crippen molar-refractivity contribution in [1.29, 1.82) is 0 Å². The molecule has 0 aliphatic carbocycles. The molecule has 0 radical (unpaired) electrons. The Morgan fingerprint density at radius 2 is 1.81 bits per heavy atom. The van der Waals surface area contributed by atoms with E-state index in [1.165, 1.54) is 0 Å². The number of rotatable bonds is 5. The Morgan fingerprint density at radius 1 is 1.03 bits per heavy atom. The highest BCUT2D eigenvalue weighted by Crippen LogP contribution is 2.28. The molecule has 0 saturated carbocycles. The minimum atomic E-state index is -0.505. The van der Waals surface area contributed by atoms with Crippen LogP contribution in [0.5, 0.6) is 0 Å². The molecule has 5 rings (SSSR count). The number of hydrogen-bond donors (Lipinski definition) is 1. The average Bonchev–Trinajstić information content (AvgIpc) is 3.42. The Balaban J connectivity index is 1.13. The summed E-state index contributed by atoms with van der Waals surface area (Å²) < 4.78 is 16.2. The minimum Gasteiger partial charge on any atom is -0.453 e. The van der Waals surface area contributed by atoms with E-state index in [2.05, 4.69) is 10.5 Å². The summed E-state index contributed by atoms with van der Waals surface area (Å²) in [5, 5.41) is 7.57. The Hall–Kier alpha value is -4.07. The van der Waals surface area contributed by atoms with E-state index in [4.69, 9.17) is 13.7 Å². The van der Waals surface area contributed by atoms with E-state index in [-0.39, 0.29) is 24.2 Å². The monoisotopic (exact) mass is 417 g/mol. The summed E-state index contributed by atoms with van der Waals surface area (Å²) >= 11 is 0. The SMILES string of the molecule is O=C(NC1CN(C(=O)c2cc(-c3cc4ccccc4o3)on2)C1)OCc1ccccc1. The molecule has 3 heterocycles. The third kappa shape index (κ3) is 4.00. The van der Waals surface area contributed by atoms with E-state index < -0.39 is 6.09 Å². The Kier molecular flexibility index (Phi) is 4.87. The van der Waals surface area contributed by atoms with Gasteiger partial charge in [0.1, 0.15) is 12.2 Å². The van der Waals surface area contributed by atoms with Crippen molar-refractivity contribution in [1.82, 2.24) is 15.4 Å². The van der Waals surface area contributed by atoms with Gasteiger partial charge in [0.2, 0.25) is 5.76 Å². The molecule has 1 saturated heterocycles. The predicted molar refractivity (Wildman–Crippen MR) is 111 cm³/mol. The molecule has 0 spiro atoms. The fourth-order valence-electron chi connectivity index (χ4n) is 3.42. The molecule has 0 unspecified atom stereocenters. The van der Waals surface area contributed by atoms with E-state index in [0.29, 0.717) is 24.6 Å². The van der Waals surface area contributed by atoms with Gasteiger partial charge >= 0.3 is 6.09 Å². The van der Waals surface area contributed by atoms with Gasteiger partial charge < -0.3 is 23.9 Å². The molecule has 0 bridgehead atoms. The van der Waals surface area contributed by atoms with Gasteiger partial charge in [-0.2, -0.15) is 0 Å². The van der Waals surface area contributed by atoms with Crippen LogP contribution in [0.4, 0.5) is 4.79 Å². The van der Waals surface area contributed by atoms with Crippen LogP contribution in [0.25, 0.3) is 22.5 Å². The molecule has 2 aromatic heterocycles. The average molecular weight is 417 g/mol. The first-order valence-electron chi connectivity index (χ1n) is 9.88. The van der Waals surface area contributed by atoms with E-state index in [9.17, 15) is 9.59 Å². The Bertz CT molecular complexity index is 1190. The standard InChI is InChI=1S/C23H19N3O5/c27-22(18-11-21(31-25-18)20-10-16-8-4-5-9-19(16)30-20)26-12-17(13-26)24-23(28)29-14-15-6-2-1-3-7-15/h1-11,17H,12-14H2,(H,24,28). The summed E-state index contributed by atoms with van der Waals surface area (Å²) in [6, 6.07) is 20.3. The first-order chi connectivity index (χ1) is 15.2. The zero-order valence-electron chi connectivity index (χ0n) is 16.5. The normalized spacial score (nSPS) is 13.7. The topological polar surface area (TPSA) is 97.8 Å². The van der Waals surface area contributed by atoms with Crippen LogP contribution in [0.3, 0.4) is 0 Å². The Labute approximate surface area is 177 Å². The zero-order valence-corrected chi connectivity index (χ0v) is 16.5. The van der Waals surface area contributed by atoms with Crippen molar-refractivity contribution in [3.63, 3.8) is 0 Å². The number of benzene rings is 2. The highest BCUT2D eigenvalue weighted by atomic mass is 16.5. The third-order valence-corrected chi connectivity index (χ3v) is 5.10. The van der Waals surface area contributed by atoms with Gasteiger partial charge in [-0.25, -0.2) is 4.79 Å². The second-order valence-corrected chi connectivity index (χ2v) is 7.34. The number of likely N-dealkylation sites (tertiary alicyclic amines) is 1. The second kappa shape index (κ2) is 7.98. The molecule has 1 aliphatic heterocycles. The van der Waals surface area contributed by atoms with Crippen LogP contribution >= 0.6 is 0 Å². The van der Waals surface area contributed by atoms with Crippen LogP contribution in [0.1, 0.15) is 16.1 Å². The van der Waals surface area contributed by atoms with E-state index >= 15 is 0 Å². The number of hydrogen-bond acceptors (Lipinski definition) is 6. The number of carbonyl (C=O) groups excluding carboxylic acids is 2. The molecule has 156 valence electrons. The van der Waals surface area contributed by atoms with Crippen LogP contribution in [-0.2, 0) is 11.3 Å². The fourth-order valence-corrected chi connectivity index (χ4v) is 3.42. The number of amides is 2.